The van der Waals surface area contributed by atoms with Crippen LogP contribution in [0.1, 0.15) is 46.2 Å². The lowest BCUT2D eigenvalue weighted by atomic mass is 9.85. The smallest absolute Gasteiger partial charge is 0.270 e. The summed E-state index contributed by atoms with van der Waals surface area (Å²) < 4.78 is 31.7. The van der Waals surface area contributed by atoms with Gasteiger partial charge in [-0.15, -0.1) is 0 Å². The van der Waals surface area contributed by atoms with Gasteiger partial charge in [0.1, 0.15) is 17.5 Å². The monoisotopic (exact) mass is 390 g/mol. The topological polar surface area (TPSA) is 139 Å². The Balaban J connectivity index is 0.000000597. The Hall–Kier alpha value is -1.75. The predicted octanol–water partition coefficient (Wildman–Crippen LogP) is 2.06. The first-order chi connectivity index (χ1) is 11.5. The highest BCUT2D eigenvalue weighted by molar-refractivity contribution is 7.85. The van der Waals surface area contributed by atoms with Crippen LogP contribution in [0.15, 0.2) is 18.2 Å². The first-order valence-electron chi connectivity index (χ1n) is 7.87. The zero-order valence-electron chi connectivity index (χ0n) is 15.7. The average Bonchev–Trinajstić information content (AvgIpc) is 2.40. The fourth-order valence-corrected chi connectivity index (χ4v) is 2.52. The number of ether oxygens (including phenoxy) is 1. The van der Waals surface area contributed by atoms with Crippen molar-refractivity contribution in [3.05, 3.63) is 33.9 Å². The van der Waals surface area contributed by atoms with Crippen LogP contribution in [0, 0.1) is 10.1 Å². The molecule has 2 rings (SSSR count). The van der Waals surface area contributed by atoms with Crippen molar-refractivity contribution < 1.29 is 27.7 Å². The van der Waals surface area contributed by atoms with E-state index >= 15 is 0 Å². The molecule has 0 saturated heterocycles. The molecule has 0 saturated carbocycles. The summed E-state index contributed by atoms with van der Waals surface area (Å²) in [5.74, 6) is 0.567. The number of benzene rings is 1. The lowest BCUT2D eigenvalue weighted by Crippen LogP contribution is -2.55. The molecule has 10 heteroatoms. The van der Waals surface area contributed by atoms with Crippen LogP contribution in [-0.4, -0.2) is 46.5 Å². The first-order valence-corrected chi connectivity index (χ1v) is 9.72. The van der Waals surface area contributed by atoms with Crippen LogP contribution in [0.2, 0.25) is 0 Å². The number of aliphatic hydroxyl groups excluding tert-OH is 1. The zero-order valence-corrected chi connectivity index (χ0v) is 16.5. The number of nitro benzene ring substituents is 1. The molecular formula is C16H26N2O7S. The Morgan fingerprint density at radius 3 is 2.23 bits per heavy atom. The van der Waals surface area contributed by atoms with E-state index in [1.165, 1.54) is 12.1 Å². The van der Waals surface area contributed by atoms with Crippen molar-refractivity contribution in [2.24, 2.45) is 0 Å². The van der Waals surface area contributed by atoms with Crippen LogP contribution >= 0.6 is 0 Å². The van der Waals surface area contributed by atoms with Crippen molar-refractivity contribution in [2.75, 3.05) is 6.26 Å². The van der Waals surface area contributed by atoms with Gasteiger partial charge in [-0.05, 0) is 40.7 Å². The fraction of sp³-hybridized carbons (Fsp3) is 0.625. The Morgan fingerprint density at radius 1 is 1.31 bits per heavy atom. The standard InChI is InChI=1S/C15H22N2O4.CH4O3S/c1-14(2,3)16-12-10-8-9(17(19)20)6-7-11(10)21-15(4,5)13(12)18;1-5(2,3)4/h6-8,12-13,16,18H,1-5H3;1H3,(H,2,3,4)/t12-,13+;/m1./s1. The molecule has 0 unspecified atom stereocenters. The molecule has 0 aliphatic carbocycles. The molecule has 1 aromatic carbocycles. The van der Waals surface area contributed by atoms with Gasteiger partial charge < -0.3 is 15.2 Å². The summed E-state index contributed by atoms with van der Waals surface area (Å²) in [6.45, 7) is 9.57. The highest BCUT2D eigenvalue weighted by atomic mass is 32.2. The van der Waals surface area contributed by atoms with Gasteiger partial charge in [-0.2, -0.15) is 8.42 Å². The Morgan fingerprint density at radius 2 is 1.81 bits per heavy atom. The Kier molecular flexibility index (Phi) is 6.41. The maximum atomic E-state index is 11.0. The largest absolute Gasteiger partial charge is 0.485 e. The number of non-ortho nitro benzene ring substituents is 1. The number of nitrogens with zero attached hydrogens (tertiary/aromatic N) is 1. The molecule has 26 heavy (non-hydrogen) atoms. The lowest BCUT2D eigenvalue weighted by molar-refractivity contribution is -0.385. The molecule has 0 radical (unpaired) electrons. The number of rotatable bonds is 2. The molecule has 0 amide bonds. The highest BCUT2D eigenvalue weighted by Crippen LogP contribution is 2.42. The minimum atomic E-state index is -3.67. The number of hydrogen-bond donors (Lipinski definition) is 3. The van der Waals surface area contributed by atoms with Gasteiger partial charge in [0, 0.05) is 23.2 Å². The number of nitro groups is 1. The molecule has 1 aliphatic rings. The van der Waals surface area contributed by atoms with Gasteiger partial charge in [-0.25, -0.2) is 0 Å². The van der Waals surface area contributed by atoms with E-state index in [4.69, 9.17) is 9.29 Å². The van der Waals surface area contributed by atoms with Crippen molar-refractivity contribution in [1.82, 2.24) is 5.32 Å². The van der Waals surface area contributed by atoms with Crippen LogP contribution in [0.25, 0.3) is 0 Å². The molecule has 0 bridgehead atoms. The fourth-order valence-electron chi connectivity index (χ4n) is 2.52. The van der Waals surface area contributed by atoms with Crippen molar-refractivity contribution >= 4 is 15.8 Å². The van der Waals surface area contributed by atoms with Crippen LogP contribution < -0.4 is 10.1 Å². The summed E-state index contributed by atoms with van der Waals surface area (Å²) in [4.78, 5) is 10.5. The van der Waals surface area contributed by atoms with Crippen molar-refractivity contribution in [2.45, 2.75) is 57.9 Å². The van der Waals surface area contributed by atoms with E-state index in [1.807, 2.05) is 20.8 Å². The summed E-state index contributed by atoms with van der Waals surface area (Å²) in [5.41, 5.74) is -0.413. The number of hydrogen-bond acceptors (Lipinski definition) is 7. The van der Waals surface area contributed by atoms with Crippen molar-refractivity contribution in [1.29, 1.82) is 0 Å². The van der Waals surface area contributed by atoms with Gasteiger partial charge in [-0.3, -0.25) is 14.7 Å². The third-order valence-electron chi connectivity index (χ3n) is 3.53. The molecule has 0 aromatic heterocycles. The second-order valence-corrected chi connectivity index (χ2v) is 9.20. The molecule has 148 valence electrons. The molecule has 3 N–H and O–H groups in total. The normalized spacial score (nSPS) is 21.7. The maximum Gasteiger partial charge on any atom is 0.270 e. The summed E-state index contributed by atoms with van der Waals surface area (Å²) in [5, 5.41) is 24.9. The zero-order chi connectivity index (χ0) is 20.5. The first kappa shape index (κ1) is 22.3. The molecule has 9 nitrogen and oxygen atoms in total. The van der Waals surface area contributed by atoms with Gasteiger partial charge in [0.15, 0.2) is 0 Å². The number of fused-ring (bicyclic) bond motifs is 1. The van der Waals surface area contributed by atoms with Crippen LogP contribution in [-0.2, 0) is 10.1 Å². The van der Waals surface area contributed by atoms with Crippen LogP contribution in [0.4, 0.5) is 5.69 Å². The minimum absolute atomic E-state index is 0.00929. The maximum absolute atomic E-state index is 11.0. The third-order valence-corrected chi connectivity index (χ3v) is 3.53. The van der Waals surface area contributed by atoms with Crippen molar-refractivity contribution in [3.63, 3.8) is 0 Å². The molecular weight excluding hydrogens is 364 g/mol. The summed E-state index contributed by atoms with van der Waals surface area (Å²) in [6, 6.07) is 4.06. The van der Waals surface area contributed by atoms with E-state index in [0.717, 1.165) is 0 Å². The highest BCUT2D eigenvalue weighted by Gasteiger charge is 2.44. The molecule has 2 atom stereocenters. The van der Waals surface area contributed by atoms with Crippen molar-refractivity contribution in [3.8, 4) is 5.75 Å². The molecule has 1 heterocycles. The van der Waals surface area contributed by atoms with Gasteiger partial charge in [-0.1, -0.05) is 0 Å². The Labute approximate surface area is 153 Å². The molecule has 0 fully saturated rings. The van der Waals surface area contributed by atoms with Gasteiger partial charge in [0.05, 0.1) is 17.2 Å². The molecule has 1 aliphatic heterocycles. The minimum Gasteiger partial charge on any atom is -0.485 e. The second-order valence-electron chi connectivity index (χ2n) is 7.73. The second kappa shape index (κ2) is 7.47. The lowest BCUT2D eigenvalue weighted by Gasteiger charge is -2.44. The number of aliphatic hydroxyl groups is 1. The third kappa shape index (κ3) is 6.52. The quantitative estimate of drug-likeness (QED) is 0.396. The summed E-state index contributed by atoms with van der Waals surface area (Å²) in [6.07, 6.45) is -0.0984. The van der Waals surface area contributed by atoms with E-state index in [1.54, 1.807) is 19.9 Å². The van der Waals surface area contributed by atoms with E-state index < -0.39 is 32.8 Å². The van der Waals surface area contributed by atoms with E-state index in [2.05, 4.69) is 5.32 Å². The van der Waals surface area contributed by atoms with E-state index in [0.29, 0.717) is 17.6 Å². The van der Waals surface area contributed by atoms with E-state index in [-0.39, 0.29) is 11.2 Å². The SMILES string of the molecule is CC(C)(C)N[C@@H]1c2cc([N+](=O)[O-])ccc2OC(C)(C)[C@H]1O.CS(=O)(=O)O. The molecule has 0 spiro atoms. The average molecular weight is 390 g/mol. The summed E-state index contributed by atoms with van der Waals surface area (Å²) >= 11 is 0. The number of nitrogens with one attached hydrogen (secondary N) is 1. The van der Waals surface area contributed by atoms with Crippen LogP contribution in [0.3, 0.4) is 0 Å². The molecule has 1 aromatic rings. The Bertz CT molecular complexity index is 761. The van der Waals surface area contributed by atoms with Gasteiger partial charge in [0.25, 0.3) is 15.8 Å². The predicted molar refractivity (Wildman–Crippen MR) is 96.9 cm³/mol. The summed E-state index contributed by atoms with van der Waals surface area (Å²) in [7, 11) is -3.67. The van der Waals surface area contributed by atoms with Gasteiger partial charge >= 0.3 is 0 Å². The van der Waals surface area contributed by atoms with Gasteiger partial charge in [0.2, 0.25) is 0 Å². The van der Waals surface area contributed by atoms with Crippen LogP contribution in [0.5, 0.6) is 5.75 Å². The van der Waals surface area contributed by atoms with E-state index in [9.17, 15) is 23.6 Å².